The predicted octanol–water partition coefficient (Wildman–Crippen LogP) is 14.7. The number of methoxy groups -OCH3 is 1. The lowest BCUT2D eigenvalue weighted by molar-refractivity contribution is 0.0686. The molecule has 0 fully saturated rings. The normalized spacial score (nSPS) is 11.2. The van der Waals surface area contributed by atoms with Gasteiger partial charge in [-0.25, -0.2) is 48.4 Å². The van der Waals surface area contributed by atoms with E-state index < -0.39 is 64.5 Å². The molecule has 480 valence electrons. The number of anilines is 3. The summed E-state index contributed by atoms with van der Waals surface area (Å²) in [5.74, 6) is -4.73. The molecular weight excluding hydrogens is 1240 g/mol. The fourth-order valence-corrected chi connectivity index (χ4v) is 13.2. The lowest BCUT2D eigenvalue weighted by atomic mass is 10.0. The van der Waals surface area contributed by atoms with Crippen LogP contribution in [0.3, 0.4) is 0 Å². The number of halogens is 2. The molecule has 6 N–H and O–H groups in total. The van der Waals surface area contributed by atoms with E-state index in [0.29, 0.717) is 54.8 Å². The van der Waals surface area contributed by atoms with E-state index in [2.05, 4.69) is 21.1 Å². The van der Waals surface area contributed by atoms with Gasteiger partial charge in [-0.2, -0.15) is 0 Å². The van der Waals surface area contributed by atoms with Gasteiger partial charge in [0, 0.05) is 6.07 Å². The number of benzene rings is 9. The Labute approximate surface area is 535 Å². The van der Waals surface area contributed by atoms with E-state index >= 15 is 0 Å². The SMILES string of the molecule is CCCCc1ccc(S(=O)(=O)Nc2ccccc2CCCc2ccc(C(=O)O)cc2)cc1.COc1cccc(S(=O)(=O)Nc2ccccc2CCCc2ccc(C(=O)O)cc2)c1.O=C(O)c1ccc(CCCc2ccccc2NS(=O)(=O)c2c(F)cccc2F)cc1. The number of hydrogen-bond acceptors (Lipinski definition) is 10. The van der Waals surface area contributed by atoms with Crippen molar-refractivity contribution in [2.75, 3.05) is 21.3 Å². The third-order valence-corrected chi connectivity index (χ3v) is 18.9. The minimum Gasteiger partial charge on any atom is -0.497 e. The quantitative estimate of drug-likeness (QED) is 0.0267. The van der Waals surface area contributed by atoms with E-state index in [1.807, 2.05) is 54.6 Å². The monoisotopic (exact) mass is 1310 g/mol. The van der Waals surface area contributed by atoms with Crippen LogP contribution in [0.2, 0.25) is 0 Å². The summed E-state index contributed by atoms with van der Waals surface area (Å²) in [5.41, 5.74) is 8.80. The van der Waals surface area contributed by atoms with Crippen LogP contribution in [0, 0.1) is 11.6 Å². The number of hydrogen-bond donors (Lipinski definition) is 6. The van der Waals surface area contributed by atoms with Crippen molar-refractivity contribution in [3.63, 3.8) is 0 Å². The van der Waals surface area contributed by atoms with Gasteiger partial charge in [-0.15, -0.1) is 0 Å². The smallest absolute Gasteiger partial charge is 0.335 e. The summed E-state index contributed by atoms with van der Waals surface area (Å²) in [6, 6.07) is 57.9. The van der Waals surface area contributed by atoms with Gasteiger partial charge < -0.3 is 20.1 Å². The molecule has 21 heteroatoms. The Balaban J connectivity index is 0.000000196. The van der Waals surface area contributed by atoms with E-state index in [-0.39, 0.29) is 32.2 Å². The second kappa shape index (κ2) is 33.4. The lowest BCUT2D eigenvalue weighted by Gasteiger charge is -2.13. The number of carboxylic acid groups (broad SMARTS) is 3. The molecule has 0 aromatic heterocycles. The molecule has 0 saturated heterocycles. The van der Waals surface area contributed by atoms with Crippen molar-refractivity contribution >= 4 is 65.0 Å². The fraction of sp³-hybridized carbons (Fsp3) is 0.197. The van der Waals surface area contributed by atoms with Crippen molar-refractivity contribution in [1.29, 1.82) is 0 Å². The lowest BCUT2D eigenvalue weighted by Crippen LogP contribution is -2.17. The molecule has 9 aromatic carbocycles. The Kier molecular flexibility index (Phi) is 25.3. The maximum Gasteiger partial charge on any atom is 0.335 e. The van der Waals surface area contributed by atoms with Gasteiger partial charge in [-0.05, 0) is 201 Å². The first kappa shape index (κ1) is 69.8. The Morgan fingerprint density at radius 3 is 1.07 bits per heavy atom. The highest BCUT2D eigenvalue weighted by Crippen LogP contribution is 2.28. The predicted molar refractivity (Wildman–Crippen MR) is 352 cm³/mol. The molecule has 0 saturated carbocycles. The zero-order chi connectivity index (χ0) is 66.3. The Bertz CT molecular complexity index is 4290. The summed E-state index contributed by atoms with van der Waals surface area (Å²) in [7, 11) is -10.4. The fourth-order valence-electron chi connectivity index (χ4n) is 9.73. The van der Waals surface area contributed by atoms with E-state index in [4.69, 9.17) is 20.1 Å². The van der Waals surface area contributed by atoms with Gasteiger partial charge in [-0.1, -0.05) is 129 Å². The van der Waals surface area contributed by atoms with Crippen LogP contribution < -0.4 is 18.9 Å². The van der Waals surface area contributed by atoms with Crippen LogP contribution in [0.5, 0.6) is 5.75 Å². The number of unbranched alkanes of at least 4 members (excludes halogenated alkanes) is 1. The second-order valence-corrected chi connectivity index (χ2v) is 26.3. The summed E-state index contributed by atoms with van der Waals surface area (Å²) < 4.78 is 117. The molecule has 0 bridgehead atoms. The van der Waals surface area contributed by atoms with Crippen molar-refractivity contribution in [1.82, 2.24) is 0 Å². The molecule has 9 rings (SSSR count). The number of aromatic carboxylic acids is 3. The summed E-state index contributed by atoms with van der Waals surface area (Å²) in [6.45, 7) is 2.13. The van der Waals surface area contributed by atoms with Gasteiger partial charge in [0.1, 0.15) is 17.4 Å². The third-order valence-electron chi connectivity index (χ3n) is 14.7. The minimum atomic E-state index is -4.44. The van der Waals surface area contributed by atoms with Gasteiger partial charge in [0.25, 0.3) is 30.1 Å². The highest BCUT2D eigenvalue weighted by atomic mass is 32.2. The number of rotatable bonds is 28. The van der Waals surface area contributed by atoms with E-state index in [1.165, 1.54) is 37.4 Å². The number of carboxylic acids is 3. The van der Waals surface area contributed by atoms with Crippen molar-refractivity contribution in [3.8, 4) is 5.75 Å². The van der Waals surface area contributed by atoms with Crippen molar-refractivity contribution in [2.24, 2.45) is 0 Å². The van der Waals surface area contributed by atoms with Crippen molar-refractivity contribution in [3.05, 3.63) is 280 Å². The zero-order valence-electron chi connectivity index (χ0n) is 50.6. The van der Waals surface area contributed by atoms with Gasteiger partial charge in [0.2, 0.25) is 0 Å². The maximum atomic E-state index is 13.9. The Morgan fingerprint density at radius 2 is 0.707 bits per heavy atom. The van der Waals surface area contributed by atoms with Crippen LogP contribution in [-0.4, -0.2) is 65.6 Å². The molecule has 92 heavy (non-hydrogen) atoms. The van der Waals surface area contributed by atoms with E-state index in [9.17, 15) is 48.4 Å². The van der Waals surface area contributed by atoms with E-state index in [0.717, 1.165) is 96.5 Å². The summed E-state index contributed by atoms with van der Waals surface area (Å²) in [6.07, 6.45) is 9.51. The Hall–Kier alpha value is -9.70. The molecule has 0 aliphatic rings. The summed E-state index contributed by atoms with van der Waals surface area (Å²) >= 11 is 0. The topological polar surface area (TPSA) is 260 Å². The van der Waals surface area contributed by atoms with Crippen LogP contribution >= 0.6 is 0 Å². The standard InChI is InChI=1S/C26H29NO4S.C23H23NO5S.C22H19F2NO4S/c1-2-3-7-20-14-18-24(19-15-20)32(30,31)27-25-11-5-4-9-22(25)10-6-8-21-12-16-23(17-13-21)26(28)29;1-29-20-9-5-10-21(16-20)30(27,28)24-22-11-3-2-7-18(22)8-4-6-17-12-14-19(15-13-17)23(25)26;23-18-8-4-9-19(24)21(18)30(28,29)25-20-10-2-1-6-16(20)7-3-5-15-11-13-17(14-12-15)22(26)27/h4-5,9,11-19,27H,2-3,6-8,10H2,1H3,(H,28,29);2-3,5,7,9-16,24H,4,6,8H2,1H3,(H,25,26);1-2,4,6,8-14,25H,3,5,7H2,(H,26,27). The number of carbonyl (C=O) groups is 3. The minimum absolute atomic E-state index is 0.134. The first-order valence-electron chi connectivity index (χ1n) is 29.5. The van der Waals surface area contributed by atoms with Crippen LogP contribution in [0.25, 0.3) is 0 Å². The maximum absolute atomic E-state index is 13.9. The first-order chi connectivity index (χ1) is 44.0. The molecule has 0 heterocycles. The molecule has 0 radical (unpaired) electrons. The number of ether oxygens (including phenoxy) is 1. The first-order valence-corrected chi connectivity index (χ1v) is 34.0. The van der Waals surface area contributed by atoms with Gasteiger partial charge in [0.05, 0.1) is 50.7 Å². The zero-order valence-corrected chi connectivity index (χ0v) is 53.0. The van der Waals surface area contributed by atoms with Gasteiger partial charge in [-0.3, -0.25) is 14.2 Å². The third kappa shape index (κ3) is 20.7. The molecule has 0 aliphatic carbocycles. The average Bonchev–Trinajstić information content (AvgIpc) is 0.826. The molecule has 16 nitrogen and oxygen atoms in total. The van der Waals surface area contributed by atoms with Crippen LogP contribution in [0.4, 0.5) is 25.8 Å². The molecule has 0 unspecified atom stereocenters. The molecular formula is C71H71F2N3O13S3. The van der Waals surface area contributed by atoms with Gasteiger partial charge in [0.15, 0.2) is 4.90 Å². The molecule has 0 spiro atoms. The Morgan fingerprint density at radius 1 is 0.380 bits per heavy atom. The summed E-state index contributed by atoms with van der Waals surface area (Å²) in [4.78, 5) is 32.2. The molecule has 0 amide bonds. The second-order valence-electron chi connectivity index (χ2n) is 21.3. The molecule has 9 aromatic rings. The van der Waals surface area contributed by atoms with Gasteiger partial charge >= 0.3 is 17.9 Å². The van der Waals surface area contributed by atoms with Crippen LogP contribution in [0.15, 0.2) is 227 Å². The molecule has 0 atom stereocenters. The van der Waals surface area contributed by atoms with Crippen LogP contribution in [0.1, 0.15) is 109 Å². The summed E-state index contributed by atoms with van der Waals surface area (Å²) in [5, 5.41) is 26.9. The van der Waals surface area contributed by atoms with Crippen molar-refractivity contribution < 1.29 is 68.5 Å². The highest BCUT2D eigenvalue weighted by molar-refractivity contribution is 7.93. The molecule has 0 aliphatic heterocycles. The largest absolute Gasteiger partial charge is 0.497 e. The number of nitrogens with one attached hydrogen (secondary N) is 3. The van der Waals surface area contributed by atoms with Crippen LogP contribution in [-0.2, 0) is 75.0 Å². The average molecular weight is 1310 g/mol. The van der Waals surface area contributed by atoms with Crippen molar-refractivity contribution in [2.45, 2.75) is 98.7 Å². The van der Waals surface area contributed by atoms with E-state index in [1.54, 1.807) is 109 Å². The number of para-hydroxylation sites is 3. The number of aryl methyl sites for hydroxylation is 7. The highest BCUT2D eigenvalue weighted by Gasteiger charge is 2.25. The number of sulfonamides is 3.